The van der Waals surface area contributed by atoms with Gasteiger partial charge in [-0.05, 0) is 68.6 Å². The largest absolute Gasteiger partial charge is 0.494 e. The molecule has 5 nitrogen and oxygen atoms in total. The highest BCUT2D eigenvalue weighted by atomic mass is 16.5. The van der Waals surface area contributed by atoms with E-state index in [0.717, 1.165) is 53.3 Å². The van der Waals surface area contributed by atoms with Crippen LogP contribution in [0.15, 0.2) is 36.4 Å². The number of benzene rings is 2. The standard InChI is InChI=1S/C22H28N2O3/c1-4-27-15-11-12-19-18(14-15)16(8-5-6-13-23)21(24-19)17-9-7-10-20(25-2)22(17)26-3/h7,9-12,14,24H,4-6,8,13,23H2,1-3H3. The molecule has 0 amide bonds. The first kappa shape index (κ1) is 19.1. The molecular formula is C22H28N2O3. The fourth-order valence-corrected chi connectivity index (χ4v) is 3.50. The number of H-pyrrole nitrogens is 1. The number of aryl methyl sites for hydroxylation is 1. The predicted octanol–water partition coefficient (Wildman–Crippen LogP) is 4.53. The number of methoxy groups -OCH3 is 2. The Labute approximate surface area is 160 Å². The summed E-state index contributed by atoms with van der Waals surface area (Å²) in [4.78, 5) is 3.58. The number of ether oxygens (including phenoxy) is 3. The van der Waals surface area contributed by atoms with Crippen LogP contribution in [0.1, 0.15) is 25.3 Å². The molecule has 2 aromatic carbocycles. The van der Waals surface area contributed by atoms with Crippen molar-refractivity contribution in [3.8, 4) is 28.5 Å². The number of aromatic nitrogens is 1. The van der Waals surface area contributed by atoms with Gasteiger partial charge in [0.05, 0.1) is 26.5 Å². The summed E-state index contributed by atoms with van der Waals surface area (Å²) in [5.74, 6) is 2.33. The molecule has 0 atom stereocenters. The Morgan fingerprint density at radius 1 is 1.04 bits per heavy atom. The molecule has 0 saturated carbocycles. The highest BCUT2D eigenvalue weighted by Gasteiger charge is 2.19. The lowest BCUT2D eigenvalue weighted by atomic mass is 9.99. The highest BCUT2D eigenvalue weighted by molar-refractivity contribution is 5.93. The van der Waals surface area contributed by atoms with Crippen molar-refractivity contribution in [3.63, 3.8) is 0 Å². The van der Waals surface area contributed by atoms with Gasteiger partial charge in [-0.3, -0.25) is 0 Å². The summed E-state index contributed by atoms with van der Waals surface area (Å²) in [5.41, 5.74) is 10.1. The molecule has 3 N–H and O–H groups in total. The Balaban J connectivity index is 2.18. The predicted molar refractivity (Wildman–Crippen MR) is 110 cm³/mol. The third-order valence-electron chi connectivity index (χ3n) is 4.74. The van der Waals surface area contributed by atoms with Gasteiger partial charge in [0.25, 0.3) is 0 Å². The number of hydrogen-bond donors (Lipinski definition) is 2. The Morgan fingerprint density at radius 3 is 2.59 bits per heavy atom. The Morgan fingerprint density at radius 2 is 1.89 bits per heavy atom. The van der Waals surface area contributed by atoms with Gasteiger partial charge in [-0.2, -0.15) is 0 Å². The third-order valence-corrected chi connectivity index (χ3v) is 4.74. The third kappa shape index (κ3) is 3.88. The maximum absolute atomic E-state index is 5.71. The van der Waals surface area contributed by atoms with Crippen LogP contribution in [0.5, 0.6) is 17.2 Å². The zero-order valence-corrected chi connectivity index (χ0v) is 16.3. The molecule has 0 fully saturated rings. The van der Waals surface area contributed by atoms with E-state index in [0.29, 0.717) is 13.2 Å². The fraction of sp³-hybridized carbons (Fsp3) is 0.364. The number of fused-ring (bicyclic) bond motifs is 1. The van der Waals surface area contributed by atoms with E-state index in [9.17, 15) is 0 Å². The second-order valence-corrected chi connectivity index (χ2v) is 6.41. The van der Waals surface area contributed by atoms with E-state index in [1.165, 1.54) is 10.9 Å². The van der Waals surface area contributed by atoms with Crippen molar-refractivity contribution >= 4 is 10.9 Å². The van der Waals surface area contributed by atoms with Crippen molar-refractivity contribution in [2.24, 2.45) is 5.73 Å². The van der Waals surface area contributed by atoms with E-state index < -0.39 is 0 Å². The molecular weight excluding hydrogens is 340 g/mol. The monoisotopic (exact) mass is 368 g/mol. The number of nitrogens with one attached hydrogen (secondary N) is 1. The van der Waals surface area contributed by atoms with Crippen molar-refractivity contribution < 1.29 is 14.2 Å². The Hall–Kier alpha value is -2.66. The second kappa shape index (κ2) is 8.82. The smallest absolute Gasteiger partial charge is 0.170 e. The average Bonchev–Trinajstić information content (AvgIpc) is 3.05. The minimum Gasteiger partial charge on any atom is -0.494 e. The van der Waals surface area contributed by atoms with Gasteiger partial charge in [0.1, 0.15) is 5.75 Å². The van der Waals surface area contributed by atoms with E-state index >= 15 is 0 Å². The van der Waals surface area contributed by atoms with Crippen molar-refractivity contribution in [2.45, 2.75) is 26.2 Å². The quantitative estimate of drug-likeness (QED) is 0.544. The van der Waals surface area contributed by atoms with Crippen LogP contribution < -0.4 is 19.9 Å². The molecule has 27 heavy (non-hydrogen) atoms. The van der Waals surface area contributed by atoms with Gasteiger partial charge >= 0.3 is 0 Å². The first-order valence-electron chi connectivity index (χ1n) is 9.42. The molecule has 3 aromatic rings. The van der Waals surface area contributed by atoms with Crippen molar-refractivity contribution in [1.29, 1.82) is 0 Å². The summed E-state index contributed by atoms with van der Waals surface area (Å²) in [5, 5.41) is 1.18. The molecule has 0 aliphatic carbocycles. The summed E-state index contributed by atoms with van der Waals surface area (Å²) in [6, 6.07) is 12.1. The van der Waals surface area contributed by atoms with Crippen molar-refractivity contribution in [2.75, 3.05) is 27.4 Å². The first-order chi connectivity index (χ1) is 13.2. The number of aromatic amines is 1. The summed E-state index contributed by atoms with van der Waals surface area (Å²) in [6.45, 7) is 3.34. The molecule has 0 saturated heterocycles. The van der Waals surface area contributed by atoms with Crippen LogP contribution in [0.25, 0.3) is 22.2 Å². The number of para-hydroxylation sites is 1. The number of rotatable bonds is 9. The number of unbranched alkanes of at least 4 members (excludes halogenated alkanes) is 1. The molecule has 5 heteroatoms. The summed E-state index contributed by atoms with van der Waals surface area (Å²) < 4.78 is 16.9. The molecule has 0 spiro atoms. The summed E-state index contributed by atoms with van der Waals surface area (Å²) >= 11 is 0. The van der Waals surface area contributed by atoms with Gasteiger partial charge in [-0.1, -0.05) is 6.07 Å². The zero-order valence-electron chi connectivity index (χ0n) is 16.3. The van der Waals surface area contributed by atoms with Gasteiger partial charge in [-0.25, -0.2) is 0 Å². The average molecular weight is 368 g/mol. The molecule has 0 bridgehead atoms. The van der Waals surface area contributed by atoms with Crippen molar-refractivity contribution in [3.05, 3.63) is 42.0 Å². The maximum atomic E-state index is 5.71. The van der Waals surface area contributed by atoms with Crippen LogP contribution in [-0.2, 0) is 6.42 Å². The van der Waals surface area contributed by atoms with Gasteiger partial charge in [0.15, 0.2) is 11.5 Å². The van der Waals surface area contributed by atoms with Gasteiger partial charge in [0, 0.05) is 16.5 Å². The van der Waals surface area contributed by atoms with E-state index in [1.807, 2.05) is 25.1 Å². The Kier molecular flexibility index (Phi) is 6.24. The zero-order chi connectivity index (χ0) is 19.2. The van der Waals surface area contributed by atoms with E-state index in [-0.39, 0.29) is 0 Å². The normalized spacial score (nSPS) is 11.0. The number of nitrogens with two attached hydrogens (primary N) is 1. The summed E-state index contributed by atoms with van der Waals surface area (Å²) in [7, 11) is 3.33. The topological polar surface area (TPSA) is 69.5 Å². The number of hydrogen-bond acceptors (Lipinski definition) is 4. The summed E-state index contributed by atoms with van der Waals surface area (Å²) in [6.07, 6.45) is 2.95. The van der Waals surface area contributed by atoms with Gasteiger partial charge in [-0.15, -0.1) is 0 Å². The fourth-order valence-electron chi connectivity index (χ4n) is 3.50. The van der Waals surface area contributed by atoms with Gasteiger partial charge < -0.3 is 24.9 Å². The minimum absolute atomic E-state index is 0.648. The SMILES string of the molecule is CCOc1ccc2[nH]c(-c3cccc(OC)c3OC)c(CCCCN)c2c1. The van der Waals surface area contributed by atoms with Crippen LogP contribution in [-0.4, -0.2) is 32.4 Å². The molecule has 144 valence electrons. The molecule has 1 aromatic heterocycles. The molecule has 0 aliphatic rings. The lowest BCUT2D eigenvalue weighted by Crippen LogP contribution is -2.00. The van der Waals surface area contributed by atoms with Crippen LogP contribution in [0.2, 0.25) is 0 Å². The van der Waals surface area contributed by atoms with Crippen LogP contribution in [0, 0.1) is 0 Å². The molecule has 3 rings (SSSR count). The van der Waals surface area contributed by atoms with E-state index in [1.54, 1.807) is 14.2 Å². The van der Waals surface area contributed by atoms with Crippen LogP contribution in [0.3, 0.4) is 0 Å². The van der Waals surface area contributed by atoms with E-state index in [2.05, 4.69) is 23.2 Å². The Bertz CT molecular complexity index is 902. The minimum atomic E-state index is 0.648. The second-order valence-electron chi connectivity index (χ2n) is 6.41. The lowest BCUT2D eigenvalue weighted by Gasteiger charge is -2.13. The first-order valence-corrected chi connectivity index (χ1v) is 9.42. The van der Waals surface area contributed by atoms with Crippen molar-refractivity contribution in [1.82, 2.24) is 4.98 Å². The van der Waals surface area contributed by atoms with E-state index in [4.69, 9.17) is 19.9 Å². The highest BCUT2D eigenvalue weighted by Crippen LogP contribution is 2.41. The molecule has 1 heterocycles. The molecule has 0 aliphatic heterocycles. The van der Waals surface area contributed by atoms with Gasteiger partial charge in [0.2, 0.25) is 0 Å². The van der Waals surface area contributed by atoms with Crippen LogP contribution in [0.4, 0.5) is 0 Å². The molecule has 0 unspecified atom stereocenters. The molecule has 0 radical (unpaired) electrons. The maximum Gasteiger partial charge on any atom is 0.170 e. The lowest BCUT2D eigenvalue weighted by molar-refractivity contribution is 0.340. The van der Waals surface area contributed by atoms with Crippen LogP contribution >= 0.6 is 0 Å².